The number of hydrogen-bond acceptors (Lipinski definition) is 4. The summed E-state index contributed by atoms with van der Waals surface area (Å²) in [5.74, 6) is 0. The molecule has 2 unspecified atom stereocenters. The monoisotopic (exact) mass is 316 g/mol. The lowest BCUT2D eigenvalue weighted by Gasteiger charge is -2.37. The first-order valence-electron chi connectivity index (χ1n) is 7.15. The van der Waals surface area contributed by atoms with Crippen LogP contribution in [0.4, 0.5) is 0 Å². The highest BCUT2D eigenvalue weighted by Crippen LogP contribution is 2.33. The van der Waals surface area contributed by atoms with Crippen molar-refractivity contribution in [3.05, 3.63) is 15.8 Å². The fourth-order valence-electron chi connectivity index (χ4n) is 3.03. The predicted octanol–water partition coefficient (Wildman–Crippen LogP) is 2.73. The number of aryl methyl sites for hydroxylation is 1. The van der Waals surface area contributed by atoms with E-state index in [1.54, 1.807) is 15.6 Å². The Kier molecular flexibility index (Phi) is 4.89. The van der Waals surface area contributed by atoms with Crippen LogP contribution in [-0.2, 0) is 16.6 Å². The molecule has 0 amide bonds. The first-order valence-corrected chi connectivity index (χ1v) is 9.41. The maximum absolute atomic E-state index is 13.0. The molecule has 0 spiro atoms. The minimum Gasteiger partial charge on any atom is -0.315 e. The standard InChI is InChI=1S/C14H24N2O2S2/c1-10-6-5-7-11(2)16(10)20(17,18)14-8-13(9-15-4)19-12(14)3/h8,10-11,15H,5-7,9H2,1-4H3. The topological polar surface area (TPSA) is 49.4 Å². The van der Waals surface area contributed by atoms with Crippen LogP contribution in [0.1, 0.15) is 42.9 Å². The van der Waals surface area contributed by atoms with Gasteiger partial charge in [-0.1, -0.05) is 6.42 Å². The van der Waals surface area contributed by atoms with Crippen LogP contribution < -0.4 is 5.32 Å². The van der Waals surface area contributed by atoms with Gasteiger partial charge >= 0.3 is 0 Å². The summed E-state index contributed by atoms with van der Waals surface area (Å²) in [5.41, 5.74) is 0. The molecule has 6 heteroatoms. The SMILES string of the molecule is CNCc1cc(S(=O)(=O)N2C(C)CCCC2C)c(C)s1. The molecule has 20 heavy (non-hydrogen) atoms. The summed E-state index contributed by atoms with van der Waals surface area (Å²) < 4.78 is 27.6. The number of thiophene rings is 1. The lowest BCUT2D eigenvalue weighted by Crippen LogP contribution is -2.47. The average Bonchev–Trinajstić information content (AvgIpc) is 2.71. The second-order valence-corrected chi connectivity index (χ2v) is 8.78. The van der Waals surface area contributed by atoms with Gasteiger partial charge in [0.25, 0.3) is 0 Å². The Labute approximate surface area is 126 Å². The Morgan fingerprint density at radius 3 is 2.50 bits per heavy atom. The molecule has 0 bridgehead atoms. The van der Waals surface area contributed by atoms with Crippen LogP contribution in [0.3, 0.4) is 0 Å². The van der Waals surface area contributed by atoms with Gasteiger partial charge in [-0.2, -0.15) is 4.31 Å². The molecular formula is C14H24N2O2S2. The summed E-state index contributed by atoms with van der Waals surface area (Å²) in [4.78, 5) is 2.45. The molecule has 114 valence electrons. The third-order valence-electron chi connectivity index (χ3n) is 3.94. The molecule has 2 heterocycles. The number of hydrogen-bond donors (Lipinski definition) is 1. The van der Waals surface area contributed by atoms with Gasteiger partial charge in [0.2, 0.25) is 10.0 Å². The Balaban J connectivity index is 2.38. The summed E-state index contributed by atoms with van der Waals surface area (Å²) >= 11 is 1.56. The molecule has 1 aromatic heterocycles. The van der Waals surface area contributed by atoms with Crippen LogP contribution in [0.2, 0.25) is 0 Å². The zero-order valence-electron chi connectivity index (χ0n) is 12.6. The quantitative estimate of drug-likeness (QED) is 0.929. The predicted molar refractivity (Wildman–Crippen MR) is 83.6 cm³/mol. The van der Waals surface area contributed by atoms with Crippen LogP contribution in [0.25, 0.3) is 0 Å². The highest BCUT2D eigenvalue weighted by molar-refractivity contribution is 7.89. The van der Waals surface area contributed by atoms with E-state index < -0.39 is 10.0 Å². The van der Waals surface area contributed by atoms with Crippen LogP contribution >= 0.6 is 11.3 Å². The lowest BCUT2D eigenvalue weighted by molar-refractivity contribution is 0.204. The smallest absolute Gasteiger partial charge is 0.244 e. The maximum Gasteiger partial charge on any atom is 0.244 e. The zero-order chi connectivity index (χ0) is 14.9. The molecule has 1 aliphatic heterocycles. The zero-order valence-corrected chi connectivity index (χ0v) is 14.3. The molecule has 4 nitrogen and oxygen atoms in total. The second kappa shape index (κ2) is 6.13. The third-order valence-corrected chi connectivity index (χ3v) is 7.38. The van der Waals surface area contributed by atoms with Crippen LogP contribution in [0.15, 0.2) is 11.0 Å². The second-order valence-electron chi connectivity index (χ2n) is 5.63. The van der Waals surface area contributed by atoms with Crippen molar-refractivity contribution in [3.63, 3.8) is 0 Å². The van der Waals surface area contributed by atoms with Gasteiger partial charge in [0.05, 0.1) is 4.90 Å². The van der Waals surface area contributed by atoms with Crippen molar-refractivity contribution in [2.45, 2.75) is 63.6 Å². The van der Waals surface area contributed by atoms with Gasteiger partial charge in [0.15, 0.2) is 0 Å². The molecule has 1 aromatic rings. The normalized spacial score (nSPS) is 25.0. The summed E-state index contributed by atoms with van der Waals surface area (Å²) in [6.45, 7) is 6.65. The number of rotatable bonds is 4. The molecule has 0 saturated carbocycles. The average molecular weight is 316 g/mol. The molecule has 0 aromatic carbocycles. The van der Waals surface area contributed by atoms with E-state index in [-0.39, 0.29) is 12.1 Å². The Morgan fingerprint density at radius 1 is 1.35 bits per heavy atom. The van der Waals surface area contributed by atoms with Gasteiger partial charge in [-0.05, 0) is 46.7 Å². The minimum atomic E-state index is -3.37. The van der Waals surface area contributed by atoms with Crippen molar-refractivity contribution in [2.24, 2.45) is 0 Å². The number of nitrogens with zero attached hydrogens (tertiary/aromatic N) is 1. The first kappa shape index (κ1) is 15.9. The molecule has 1 fully saturated rings. The molecule has 2 atom stereocenters. The fourth-order valence-corrected chi connectivity index (χ4v) is 6.53. The van der Waals surface area contributed by atoms with E-state index in [2.05, 4.69) is 5.32 Å². The van der Waals surface area contributed by atoms with Crippen LogP contribution in [0, 0.1) is 6.92 Å². The molecular weight excluding hydrogens is 292 g/mol. The van der Waals surface area contributed by atoms with Crippen LogP contribution in [0.5, 0.6) is 0 Å². The van der Waals surface area contributed by atoms with E-state index in [9.17, 15) is 8.42 Å². The number of sulfonamides is 1. The van der Waals surface area contributed by atoms with E-state index >= 15 is 0 Å². The van der Waals surface area contributed by atoms with Crippen molar-refractivity contribution < 1.29 is 8.42 Å². The van der Waals surface area contributed by atoms with E-state index in [0.717, 1.165) is 29.0 Å². The summed E-state index contributed by atoms with van der Waals surface area (Å²) in [5, 5.41) is 3.08. The third kappa shape index (κ3) is 2.93. The number of piperidine rings is 1. The maximum atomic E-state index is 13.0. The van der Waals surface area contributed by atoms with Crippen molar-refractivity contribution in [3.8, 4) is 0 Å². The van der Waals surface area contributed by atoms with Crippen molar-refractivity contribution in [1.29, 1.82) is 0 Å². The molecule has 0 aliphatic carbocycles. The fraction of sp³-hybridized carbons (Fsp3) is 0.714. The van der Waals surface area contributed by atoms with Gasteiger partial charge in [-0.15, -0.1) is 11.3 Å². The van der Waals surface area contributed by atoms with Crippen molar-refractivity contribution in [2.75, 3.05) is 7.05 Å². The van der Waals surface area contributed by atoms with E-state index in [1.807, 2.05) is 33.9 Å². The Morgan fingerprint density at radius 2 is 1.95 bits per heavy atom. The summed E-state index contributed by atoms with van der Waals surface area (Å²) in [6, 6.07) is 2.02. The molecule has 1 aliphatic rings. The Bertz CT molecular complexity index is 556. The summed E-state index contributed by atoms with van der Waals surface area (Å²) in [6.07, 6.45) is 3.02. The van der Waals surface area contributed by atoms with Gasteiger partial charge in [-0.3, -0.25) is 0 Å². The molecule has 2 rings (SSSR count). The van der Waals surface area contributed by atoms with Gasteiger partial charge in [-0.25, -0.2) is 8.42 Å². The largest absolute Gasteiger partial charge is 0.315 e. The van der Waals surface area contributed by atoms with Crippen molar-refractivity contribution in [1.82, 2.24) is 9.62 Å². The van der Waals surface area contributed by atoms with Gasteiger partial charge in [0.1, 0.15) is 0 Å². The molecule has 1 N–H and O–H groups in total. The first-order chi connectivity index (χ1) is 9.37. The lowest BCUT2D eigenvalue weighted by atomic mass is 10.0. The van der Waals surface area contributed by atoms with Gasteiger partial charge in [0, 0.05) is 28.4 Å². The van der Waals surface area contributed by atoms with Gasteiger partial charge < -0.3 is 5.32 Å². The van der Waals surface area contributed by atoms with Crippen molar-refractivity contribution >= 4 is 21.4 Å². The van der Waals surface area contributed by atoms with E-state index in [0.29, 0.717) is 11.4 Å². The highest BCUT2D eigenvalue weighted by Gasteiger charge is 2.36. The van der Waals surface area contributed by atoms with Crippen LogP contribution in [-0.4, -0.2) is 31.9 Å². The van der Waals surface area contributed by atoms with E-state index in [1.165, 1.54) is 0 Å². The molecule has 0 radical (unpaired) electrons. The Hall–Kier alpha value is -0.430. The number of nitrogens with one attached hydrogen (secondary N) is 1. The summed E-state index contributed by atoms with van der Waals surface area (Å²) in [7, 11) is -1.50. The van der Waals surface area contributed by atoms with E-state index in [4.69, 9.17) is 0 Å². The highest BCUT2D eigenvalue weighted by atomic mass is 32.2. The minimum absolute atomic E-state index is 0.0933. The molecule has 1 saturated heterocycles.